The van der Waals surface area contributed by atoms with Crippen LogP contribution < -0.4 is 28.6 Å². The molecule has 10 nitrogen and oxygen atoms in total. The van der Waals surface area contributed by atoms with E-state index in [-0.39, 0.29) is 11.3 Å². The second kappa shape index (κ2) is 13.1. The zero-order valence-corrected chi connectivity index (χ0v) is 26.1. The fourth-order valence-corrected chi connectivity index (χ4v) is 6.45. The van der Waals surface area contributed by atoms with Crippen molar-refractivity contribution in [2.75, 3.05) is 38.4 Å². The number of carbonyl (C=O) groups excluding carboxylic acids is 2. The molecular formula is C34H34N2O8S. The number of ether oxygens (including phenoxy) is 5. The van der Waals surface area contributed by atoms with E-state index in [2.05, 4.69) is 6.92 Å². The molecule has 4 aromatic rings. The highest BCUT2D eigenvalue weighted by molar-refractivity contribution is 7.22. The van der Waals surface area contributed by atoms with Crippen LogP contribution in [0.15, 0.2) is 60.2 Å². The second-order valence-corrected chi connectivity index (χ2v) is 11.6. The van der Waals surface area contributed by atoms with Gasteiger partial charge in [0.15, 0.2) is 28.1 Å². The molecule has 1 amide bonds. The Morgan fingerprint density at radius 1 is 0.978 bits per heavy atom. The van der Waals surface area contributed by atoms with Gasteiger partial charge in [0, 0.05) is 5.56 Å². The Bertz CT molecular complexity index is 1780. The van der Waals surface area contributed by atoms with Gasteiger partial charge in [-0.3, -0.25) is 14.5 Å². The molecule has 2 aliphatic heterocycles. The first kappa shape index (κ1) is 30.3. The minimum atomic E-state index is -1.01. The van der Waals surface area contributed by atoms with Gasteiger partial charge >= 0.3 is 5.91 Å². The van der Waals surface area contributed by atoms with E-state index in [4.69, 9.17) is 28.7 Å². The predicted octanol–water partition coefficient (Wildman–Crippen LogP) is 6.67. The van der Waals surface area contributed by atoms with Gasteiger partial charge in [-0.25, -0.2) is 4.98 Å². The Labute approximate surface area is 264 Å². The molecule has 0 radical (unpaired) electrons. The fourth-order valence-electron chi connectivity index (χ4n) is 5.43. The number of aromatic nitrogens is 1. The maximum atomic E-state index is 13.8. The van der Waals surface area contributed by atoms with E-state index in [1.165, 1.54) is 16.2 Å². The minimum absolute atomic E-state index is 0.0763. The first-order valence-corrected chi connectivity index (χ1v) is 15.8. The number of anilines is 1. The normalized spacial score (nSPS) is 17.1. The molecule has 3 heterocycles. The molecule has 0 bridgehead atoms. The zero-order valence-electron chi connectivity index (χ0n) is 25.3. The van der Waals surface area contributed by atoms with Gasteiger partial charge in [-0.15, -0.1) is 0 Å². The van der Waals surface area contributed by atoms with E-state index in [1.54, 1.807) is 55.6 Å². The SMILES string of the molecule is CCCCCOc1ccc([C@H]2C(=C(O)c3ccc4c(c3)OCCO4)C(=O)C(=O)N2c2nc3ccc(OC)cc3s2)cc1OCC. The molecule has 0 spiro atoms. The van der Waals surface area contributed by atoms with E-state index in [9.17, 15) is 14.7 Å². The van der Waals surface area contributed by atoms with Crippen molar-refractivity contribution < 1.29 is 38.4 Å². The van der Waals surface area contributed by atoms with E-state index in [0.29, 0.717) is 77.0 Å². The van der Waals surface area contributed by atoms with Gasteiger partial charge < -0.3 is 28.8 Å². The Hall–Kier alpha value is -4.77. The summed E-state index contributed by atoms with van der Waals surface area (Å²) in [6, 6.07) is 14.6. The minimum Gasteiger partial charge on any atom is -0.507 e. The largest absolute Gasteiger partial charge is 0.507 e. The number of aliphatic hydroxyl groups excluding tert-OH is 1. The van der Waals surface area contributed by atoms with Gasteiger partial charge in [-0.05, 0) is 67.4 Å². The number of benzene rings is 3. The number of hydrogen-bond donors (Lipinski definition) is 1. The summed E-state index contributed by atoms with van der Waals surface area (Å²) in [5, 5.41) is 12.0. The van der Waals surface area contributed by atoms with E-state index < -0.39 is 17.7 Å². The number of fused-ring (bicyclic) bond motifs is 2. The van der Waals surface area contributed by atoms with Crippen LogP contribution in [-0.2, 0) is 9.59 Å². The van der Waals surface area contributed by atoms with Crippen molar-refractivity contribution in [3.05, 3.63) is 71.3 Å². The lowest BCUT2D eigenvalue weighted by Gasteiger charge is -2.24. The summed E-state index contributed by atoms with van der Waals surface area (Å²) in [6.45, 7) is 5.69. The molecule has 0 aliphatic carbocycles. The molecule has 1 atom stereocenters. The highest BCUT2D eigenvalue weighted by atomic mass is 32.1. The van der Waals surface area contributed by atoms with Gasteiger partial charge in [0.1, 0.15) is 24.7 Å². The van der Waals surface area contributed by atoms with Gasteiger partial charge in [0.2, 0.25) is 0 Å². The Morgan fingerprint density at radius 2 is 1.80 bits per heavy atom. The number of rotatable bonds is 11. The maximum absolute atomic E-state index is 13.8. The molecule has 11 heteroatoms. The standard InChI is InChI=1S/C34H34N2O8S/c1-4-6-7-14-42-24-12-8-20(17-26(24)41-5-2)30-29(31(37)21-9-13-25-27(18-21)44-16-15-43-25)32(38)33(39)36(30)34-35-23-11-10-22(40-3)19-28(23)45-34/h8-13,17-19,30,37H,4-7,14-16H2,1-3H3/t30-/m0/s1. The summed E-state index contributed by atoms with van der Waals surface area (Å²) in [5.74, 6) is 0.697. The lowest BCUT2D eigenvalue weighted by molar-refractivity contribution is -0.132. The molecular weight excluding hydrogens is 596 g/mol. The molecule has 2 aliphatic rings. The number of Topliss-reactive ketones (excluding diaryl/α,β-unsaturated/α-hetero) is 1. The molecule has 1 saturated heterocycles. The van der Waals surface area contributed by atoms with Crippen LogP contribution in [0, 0.1) is 0 Å². The number of amides is 1. The van der Waals surface area contributed by atoms with Crippen LogP contribution in [-0.4, -0.2) is 55.3 Å². The third-order valence-corrected chi connectivity index (χ3v) is 8.66. The number of ketones is 1. The van der Waals surface area contributed by atoms with Crippen LogP contribution in [0.1, 0.15) is 50.3 Å². The maximum Gasteiger partial charge on any atom is 0.301 e. The van der Waals surface area contributed by atoms with Crippen LogP contribution in [0.2, 0.25) is 0 Å². The molecule has 3 aromatic carbocycles. The van der Waals surface area contributed by atoms with Crippen LogP contribution in [0.4, 0.5) is 5.13 Å². The summed E-state index contributed by atoms with van der Waals surface area (Å²) in [6.07, 6.45) is 3.02. The average Bonchev–Trinajstić information content (AvgIpc) is 3.60. The lowest BCUT2D eigenvalue weighted by Crippen LogP contribution is -2.29. The van der Waals surface area contributed by atoms with E-state index in [0.717, 1.165) is 24.0 Å². The molecule has 0 unspecified atom stereocenters. The zero-order chi connectivity index (χ0) is 31.5. The Balaban J connectivity index is 1.49. The number of carbonyl (C=O) groups is 2. The van der Waals surface area contributed by atoms with Crippen LogP contribution >= 0.6 is 11.3 Å². The van der Waals surface area contributed by atoms with E-state index in [1.807, 2.05) is 13.0 Å². The van der Waals surface area contributed by atoms with Crippen molar-refractivity contribution in [1.82, 2.24) is 4.98 Å². The van der Waals surface area contributed by atoms with Gasteiger partial charge in [-0.1, -0.05) is 37.2 Å². The molecule has 234 valence electrons. The van der Waals surface area contributed by atoms with Gasteiger partial charge in [-0.2, -0.15) is 0 Å². The van der Waals surface area contributed by atoms with E-state index >= 15 is 0 Å². The van der Waals surface area contributed by atoms with Crippen LogP contribution in [0.25, 0.3) is 16.0 Å². The quantitative estimate of drug-likeness (QED) is 0.0839. The average molecular weight is 631 g/mol. The molecule has 45 heavy (non-hydrogen) atoms. The molecule has 1 N–H and O–H groups in total. The van der Waals surface area contributed by atoms with Crippen LogP contribution in [0.5, 0.6) is 28.7 Å². The number of thiazole rings is 1. The van der Waals surface area contributed by atoms with Gasteiger partial charge in [0.25, 0.3) is 5.78 Å². The third-order valence-electron chi connectivity index (χ3n) is 7.64. The van der Waals surface area contributed by atoms with Crippen molar-refractivity contribution in [2.45, 2.75) is 39.2 Å². The molecule has 0 saturated carbocycles. The molecule has 1 fully saturated rings. The summed E-state index contributed by atoms with van der Waals surface area (Å²) >= 11 is 1.25. The molecule has 1 aromatic heterocycles. The first-order valence-electron chi connectivity index (χ1n) is 15.0. The topological polar surface area (TPSA) is 117 Å². The van der Waals surface area contributed by atoms with Crippen molar-refractivity contribution in [2.24, 2.45) is 0 Å². The first-order chi connectivity index (χ1) is 21.9. The Kier molecular flexibility index (Phi) is 8.79. The van der Waals surface area contributed by atoms with Crippen LogP contribution in [0.3, 0.4) is 0 Å². The summed E-state index contributed by atoms with van der Waals surface area (Å²) in [4.78, 5) is 33.7. The van der Waals surface area contributed by atoms with Crippen molar-refractivity contribution in [3.8, 4) is 28.7 Å². The number of unbranched alkanes of at least 4 members (excludes halogenated alkanes) is 2. The van der Waals surface area contributed by atoms with Crippen molar-refractivity contribution in [3.63, 3.8) is 0 Å². The second-order valence-electron chi connectivity index (χ2n) is 10.6. The summed E-state index contributed by atoms with van der Waals surface area (Å²) in [7, 11) is 1.58. The number of aliphatic hydroxyl groups is 1. The highest BCUT2D eigenvalue weighted by Gasteiger charge is 2.48. The Morgan fingerprint density at radius 3 is 2.58 bits per heavy atom. The fraction of sp³-hybridized carbons (Fsp3) is 0.324. The highest BCUT2D eigenvalue weighted by Crippen LogP contribution is 2.47. The summed E-state index contributed by atoms with van der Waals surface area (Å²) in [5.41, 5.74) is 1.44. The monoisotopic (exact) mass is 630 g/mol. The smallest absolute Gasteiger partial charge is 0.301 e. The summed E-state index contributed by atoms with van der Waals surface area (Å²) < 4.78 is 29.5. The number of hydrogen-bond acceptors (Lipinski definition) is 10. The molecule has 6 rings (SSSR count). The third kappa shape index (κ3) is 5.87. The lowest BCUT2D eigenvalue weighted by atomic mass is 9.95. The van der Waals surface area contributed by atoms with Crippen molar-refractivity contribution in [1.29, 1.82) is 0 Å². The predicted molar refractivity (Wildman–Crippen MR) is 171 cm³/mol. The number of nitrogens with zero attached hydrogens (tertiary/aromatic N) is 2. The number of methoxy groups -OCH3 is 1. The van der Waals surface area contributed by atoms with Gasteiger partial charge in [0.05, 0.1) is 42.2 Å². The van der Waals surface area contributed by atoms with Crippen molar-refractivity contribution >= 4 is 44.1 Å².